The quantitative estimate of drug-likeness (QED) is 0.616. The van der Waals surface area contributed by atoms with Crippen LogP contribution in [0.4, 0.5) is 8.78 Å². The molecule has 1 rings (SSSR count). The lowest BCUT2D eigenvalue weighted by Gasteiger charge is -2.20. The molecule has 1 fully saturated rings. The minimum atomic E-state index is -2.84. The van der Waals surface area contributed by atoms with E-state index in [1.54, 1.807) is 0 Å². The molecule has 1 atom stereocenters. The van der Waals surface area contributed by atoms with Crippen LogP contribution >= 0.6 is 0 Å². The van der Waals surface area contributed by atoms with Crippen molar-refractivity contribution in [3.8, 4) is 0 Å². The van der Waals surface area contributed by atoms with Crippen molar-refractivity contribution in [2.75, 3.05) is 14.2 Å². The molecule has 1 aliphatic rings. The Hall–Kier alpha value is -0.260. The average Bonchev–Trinajstić information content (AvgIpc) is 2.36. The Labute approximate surface area is 63.5 Å². The molecule has 3 nitrogen and oxygen atoms in total. The van der Waals surface area contributed by atoms with Crippen LogP contribution in [0.5, 0.6) is 0 Å². The van der Waals surface area contributed by atoms with Gasteiger partial charge in [0.05, 0.1) is 0 Å². The highest BCUT2D eigenvalue weighted by molar-refractivity contribution is 5.18. The lowest BCUT2D eigenvalue weighted by atomic mass is 10.3. The van der Waals surface area contributed by atoms with Crippen LogP contribution in [0.25, 0.3) is 0 Å². The number of methoxy groups -OCH3 is 2. The van der Waals surface area contributed by atoms with Gasteiger partial charge in [0.15, 0.2) is 6.29 Å². The summed E-state index contributed by atoms with van der Waals surface area (Å²) in [5.74, 6) is -2.84. The largest absolute Gasteiger partial charge is 0.354 e. The Morgan fingerprint density at radius 1 is 1.36 bits per heavy atom. The third-order valence-electron chi connectivity index (χ3n) is 1.92. The van der Waals surface area contributed by atoms with Crippen molar-refractivity contribution in [1.29, 1.82) is 0 Å². The molecule has 0 bridgehead atoms. The van der Waals surface area contributed by atoms with Crippen LogP contribution in [0, 0.1) is 0 Å². The third kappa shape index (κ3) is 1.13. The summed E-state index contributed by atoms with van der Waals surface area (Å²) in [7, 11) is 2.58. The lowest BCUT2D eigenvalue weighted by Crippen LogP contribution is -2.45. The molecule has 0 aromatic carbocycles. The number of halogens is 2. The second kappa shape index (κ2) is 2.36. The number of ether oxygens (including phenoxy) is 2. The molecule has 11 heavy (non-hydrogen) atoms. The van der Waals surface area contributed by atoms with Crippen molar-refractivity contribution >= 4 is 0 Å². The van der Waals surface area contributed by atoms with E-state index >= 15 is 0 Å². The van der Waals surface area contributed by atoms with E-state index in [2.05, 4.69) is 9.47 Å². The van der Waals surface area contributed by atoms with E-state index in [1.807, 2.05) is 0 Å². The maximum absolute atomic E-state index is 12.5. The SMILES string of the molecule is COC(OC)C1(N)CC1(F)F. The number of alkyl halides is 2. The average molecular weight is 167 g/mol. The summed E-state index contributed by atoms with van der Waals surface area (Å²) in [4.78, 5) is 0. The van der Waals surface area contributed by atoms with E-state index in [0.717, 1.165) is 0 Å². The summed E-state index contributed by atoms with van der Waals surface area (Å²) in [6, 6.07) is 0. The van der Waals surface area contributed by atoms with Gasteiger partial charge in [0.25, 0.3) is 5.92 Å². The van der Waals surface area contributed by atoms with E-state index in [-0.39, 0.29) is 6.42 Å². The van der Waals surface area contributed by atoms with E-state index in [0.29, 0.717) is 0 Å². The zero-order valence-electron chi connectivity index (χ0n) is 6.43. The summed E-state index contributed by atoms with van der Waals surface area (Å²) >= 11 is 0. The third-order valence-corrected chi connectivity index (χ3v) is 1.92. The first kappa shape index (κ1) is 8.83. The Morgan fingerprint density at radius 2 is 1.73 bits per heavy atom. The van der Waals surface area contributed by atoms with Crippen LogP contribution in [-0.4, -0.2) is 32.0 Å². The standard InChI is InChI=1S/C6H11F2NO2/c1-10-4(11-2)5(9)3-6(5,7)8/h4H,3,9H2,1-2H3. The zero-order chi connectivity index (χ0) is 8.70. The molecule has 66 valence electrons. The Bertz CT molecular complexity index is 161. The van der Waals surface area contributed by atoms with Crippen molar-refractivity contribution in [2.45, 2.75) is 24.2 Å². The van der Waals surface area contributed by atoms with Crippen LogP contribution < -0.4 is 5.73 Å². The Kier molecular flexibility index (Phi) is 1.90. The first-order chi connectivity index (χ1) is 4.98. The monoisotopic (exact) mass is 167 g/mol. The molecule has 2 N–H and O–H groups in total. The van der Waals surface area contributed by atoms with Crippen LogP contribution in [0.15, 0.2) is 0 Å². The van der Waals surface area contributed by atoms with Gasteiger partial charge in [0.2, 0.25) is 0 Å². The predicted molar refractivity (Wildman–Crippen MR) is 34.3 cm³/mol. The summed E-state index contributed by atoms with van der Waals surface area (Å²) in [5, 5.41) is 0. The van der Waals surface area contributed by atoms with Crippen molar-refractivity contribution in [3.05, 3.63) is 0 Å². The predicted octanol–water partition coefficient (Wildman–Crippen LogP) is 0.342. The number of hydrogen-bond acceptors (Lipinski definition) is 3. The van der Waals surface area contributed by atoms with Gasteiger partial charge < -0.3 is 15.2 Å². The van der Waals surface area contributed by atoms with Gasteiger partial charge in [-0.05, 0) is 0 Å². The molecule has 0 aromatic heterocycles. The fourth-order valence-corrected chi connectivity index (χ4v) is 1.10. The van der Waals surface area contributed by atoms with Gasteiger partial charge in [-0.1, -0.05) is 0 Å². The van der Waals surface area contributed by atoms with Crippen LogP contribution in [0.1, 0.15) is 6.42 Å². The van der Waals surface area contributed by atoms with Gasteiger partial charge >= 0.3 is 0 Å². The summed E-state index contributed by atoms with van der Waals surface area (Å²) in [6.07, 6.45) is -1.38. The first-order valence-electron chi connectivity index (χ1n) is 3.20. The Morgan fingerprint density at radius 3 is 1.82 bits per heavy atom. The topological polar surface area (TPSA) is 44.5 Å². The van der Waals surface area contributed by atoms with Crippen LogP contribution in [0.3, 0.4) is 0 Å². The Balaban J connectivity index is 2.61. The molecule has 0 spiro atoms. The van der Waals surface area contributed by atoms with E-state index < -0.39 is 17.8 Å². The second-order valence-electron chi connectivity index (χ2n) is 2.72. The van der Waals surface area contributed by atoms with Gasteiger partial charge in [-0.3, -0.25) is 0 Å². The van der Waals surface area contributed by atoms with Crippen LogP contribution in [0.2, 0.25) is 0 Å². The van der Waals surface area contributed by atoms with E-state index in [1.165, 1.54) is 14.2 Å². The highest BCUT2D eigenvalue weighted by Crippen LogP contribution is 2.53. The molecule has 0 aliphatic heterocycles. The fraction of sp³-hybridized carbons (Fsp3) is 1.00. The second-order valence-corrected chi connectivity index (χ2v) is 2.72. The molecule has 1 saturated carbocycles. The summed E-state index contributed by atoms with van der Waals surface area (Å²) < 4.78 is 34.3. The molecular weight excluding hydrogens is 156 g/mol. The minimum absolute atomic E-state index is 0.369. The molecular formula is C6H11F2NO2. The highest BCUT2D eigenvalue weighted by atomic mass is 19.3. The fourth-order valence-electron chi connectivity index (χ4n) is 1.10. The number of rotatable bonds is 3. The van der Waals surface area contributed by atoms with Gasteiger partial charge in [-0.25, -0.2) is 8.78 Å². The van der Waals surface area contributed by atoms with Gasteiger partial charge in [-0.15, -0.1) is 0 Å². The van der Waals surface area contributed by atoms with E-state index in [9.17, 15) is 8.78 Å². The number of nitrogens with two attached hydrogens (primary N) is 1. The van der Waals surface area contributed by atoms with Crippen LogP contribution in [-0.2, 0) is 9.47 Å². The molecule has 5 heteroatoms. The zero-order valence-corrected chi connectivity index (χ0v) is 6.43. The highest BCUT2D eigenvalue weighted by Gasteiger charge is 2.73. The normalized spacial score (nSPS) is 34.4. The molecule has 0 aromatic rings. The molecule has 0 amide bonds. The molecule has 0 heterocycles. The summed E-state index contributed by atoms with van der Waals surface area (Å²) in [5.41, 5.74) is 3.68. The number of hydrogen-bond donors (Lipinski definition) is 1. The maximum atomic E-state index is 12.5. The van der Waals surface area contributed by atoms with Crippen molar-refractivity contribution in [1.82, 2.24) is 0 Å². The molecule has 1 unspecified atom stereocenters. The summed E-state index contributed by atoms with van der Waals surface area (Å²) in [6.45, 7) is 0. The molecule has 0 saturated heterocycles. The minimum Gasteiger partial charge on any atom is -0.354 e. The molecule has 0 radical (unpaired) electrons. The smallest absolute Gasteiger partial charge is 0.273 e. The van der Waals surface area contributed by atoms with Gasteiger partial charge in [0, 0.05) is 20.6 Å². The van der Waals surface area contributed by atoms with Gasteiger partial charge in [-0.2, -0.15) is 0 Å². The lowest BCUT2D eigenvalue weighted by molar-refractivity contribution is -0.142. The van der Waals surface area contributed by atoms with E-state index in [4.69, 9.17) is 5.73 Å². The van der Waals surface area contributed by atoms with Gasteiger partial charge in [0.1, 0.15) is 5.54 Å². The van der Waals surface area contributed by atoms with Crippen molar-refractivity contribution in [2.24, 2.45) is 5.73 Å². The maximum Gasteiger partial charge on any atom is 0.273 e. The van der Waals surface area contributed by atoms with Crippen molar-refractivity contribution in [3.63, 3.8) is 0 Å². The van der Waals surface area contributed by atoms with Crippen molar-refractivity contribution < 1.29 is 18.3 Å². The first-order valence-corrected chi connectivity index (χ1v) is 3.20. The molecule has 1 aliphatic carbocycles.